The van der Waals surface area contributed by atoms with Gasteiger partial charge in [0, 0.05) is 31.3 Å². The number of benzene rings is 1. The van der Waals surface area contributed by atoms with Crippen molar-refractivity contribution < 1.29 is 14.3 Å². The van der Waals surface area contributed by atoms with Gasteiger partial charge in [-0.3, -0.25) is 4.79 Å². The average molecular weight is 341 g/mol. The van der Waals surface area contributed by atoms with Gasteiger partial charge in [0.1, 0.15) is 18.4 Å². The Labute approximate surface area is 147 Å². The smallest absolute Gasteiger partial charge is 0.328 e. The van der Waals surface area contributed by atoms with E-state index in [0.29, 0.717) is 13.0 Å². The minimum atomic E-state index is -0.585. The highest BCUT2D eigenvalue weighted by atomic mass is 16.5. The van der Waals surface area contributed by atoms with Gasteiger partial charge in [-0.1, -0.05) is 38.1 Å². The first-order chi connectivity index (χ1) is 12.0. The molecule has 0 fully saturated rings. The average Bonchev–Trinajstić information content (AvgIpc) is 3.08. The molecule has 0 bridgehead atoms. The van der Waals surface area contributed by atoms with E-state index in [1.165, 1.54) is 7.11 Å². The molecule has 1 aromatic heterocycles. The Morgan fingerprint density at radius 1 is 1.28 bits per heavy atom. The highest BCUT2D eigenvalue weighted by Gasteiger charge is 2.35. The fraction of sp³-hybridized carbons (Fsp3) is 0.421. The van der Waals surface area contributed by atoms with Crippen LogP contribution in [0.15, 0.2) is 36.7 Å². The molecule has 3 rings (SSSR count). The molecule has 0 saturated heterocycles. The number of hydrogen-bond acceptors (Lipinski definition) is 4. The number of fused-ring (bicyclic) bond motifs is 1. The Kier molecular flexibility index (Phi) is 4.88. The second-order valence-corrected chi connectivity index (χ2v) is 6.60. The third kappa shape index (κ3) is 3.43. The molecule has 6 nitrogen and oxygen atoms in total. The van der Waals surface area contributed by atoms with Crippen LogP contribution in [0.5, 0.6) is 0 Å². The van der Waals surface area contributed by atoms with E-state index in [1.54, 1.807) is 17.3 Å². The normalized spacial score (nSPS) is 16.6. The summed E-state index contributed by atoms with van der Waals surface area (Å²) in [5.41, 5.74) is 2.16. The van der Waals surface area contributed by atoms with Gasteiger partial charge in [0.2, 0.25) is 5.91 Å². The largest absolute Gasteiger partial charge is 0.467 e. The number of amides is 1. The molecule has 0 aliphatic carbocycles. The van der Waals surface area contributed by atoms with Crippen molar-refractivity contribution in [1.82, 2.24) is 14.5 Å². The van der Waals surface area contributed by atoms with Gasteiger partial charge in [-0.05, 0) is 11.1 Å². The first kappa shape index (κ1) is 17.2. The summed E-state index contributed by atoms with van der Waals surface area (Å²) in [4.78, 5) is 31.1. The quantitative estimate of drug-likeness (QED) is 0.799. The van der Waals surface area contributed by atoms with E-state index in [2.05, 4.69) is 4.98 Å². The number of esters is 1. The first-order valence-electron chi connectivity index (χ1n) is 8.46. The summed E-state index contributed by atoms with van der Waals surface area (Å²) in [6.45, 7) is 4.67. The van der Waals surface area contributed by atoms with Gasteiger partial charge < -0.3 is 14.2 Å². The molecule has 1 aliphatic heterocycles. The summed E-state index contributed by atoms with van der Waals surface area (Å²) < 4.78 is 6.78. The lowest BCUT2D eigenvalue weighted by Gasteiger charge is -2.35. The van der Waals surface area contributed by atoms with Crippen LogP contribution >= 0.6 is 0 Å². The van der Waals surface area contributed by atoms with Crippen molar-refractivity contribution in [2.45, 2.75) is 45.3 Å². The molecular weight excluding hydrogens is 318 g/mol. The van der Waals surface area contributed by atoms with Gasteiger partial charge in [0.15, 0.2) is 0 Å². The topological polar surface area (TPSA) is 64.4 Å². The second kappa shape index (κ2) is 7.09. The van der Waals surface area contributed by atoms with Gasteiger partial charge in [0.25, 0.3) is 0 Å². The number of rotatable bonds is 4. The van der Waals surface area contributed by atoms with Crippen LogP contribution < -0.4 is 0 Å². The molecule has 6 heteroatoms. The van der Waals surface area contributed by atoms with Gasteiger partial charge in [-0.15, -0.1) is 0 Å². The molecule has 0 spiro atoms. The predicted octanol–water partition coefficient (Wildman–Crippen LogP) is 2.13. The van der Waals surface area contributed by atoms with Crippen molar-refractivity contribution in [3.8, 4) is 0 Å². The van der Waals surface area contributed by atoms with Crippen LogP contribution in [-0.4, -0.2) is 39.5 Å². The third-order valence-corrected chi connectivity index (χ3v) is 4.61. The van der Waals surface area contributed by atoms with Crippen molar-refractivity contribution in [3.05, 3.63) is 53.6 Å². The Morgan fingerprint density at radius 2 is 2.00 bits per heavy atom. The molecule has 0 N–H and O–H groups in total. The molecule has 25 heavy (non-hydrogen) atoms. The zero-order valence-corrected chi connectivity index (χ0v) is 14.8. The molecule has 0 unspecified atom stereocenters. The van der Waals surface area contributed by atoms with Crippen LogP contribution in [0.1, 0.15) is 36.7 Å². The van der Waals surface area contributed by atoms with Gasteiger partial charge in [-0.2, -0.15) is 0 Å². The summed E-state index contributed by atoms with van der Waals surface area (Å²) in [6, 6.07) is 7.32. The fourth-order valence-electron chi connectivity index (χ4n) is 3.32. The van der Waals surface area contributed by atoms with Crippen LogP contribution in [0.3, 0.4) is 0 Å². The third-order valence-electron chi connectivity index (χ3n) is 4.61. The standard InChI is InChI=1S/C19H23N3O3/c1-13(2)18-20-8-9-21(18)12-17(23)22-11-15-7-5-4-6-14(15)10-16(22)19(24)25-3/h4-9,13,16H,10-12H2,1-3H3/t16-/m1/s1. The lowest BCUT2D eigenvalue weighted by Crippen LogP contribution is -2.50. The monoisotopic (exact) mass is 341 g/mol. The van der Waals surface area contributed by atoms with Gasteiger partial charge in [-0.25, -0.2) is 9.78 Å². The van der Waals surface area contributed by atoms with E-state index in [-0.39, 0.29) is 24.3 Å². The number of hydrogen-bond donors (Lipinski definition) is 0. The minimum Gasteiger partial charge on any atom is -0.467 e. The van der Waals surface area contributed by atoms with Crippen molar-refractivity contribution >= 4 is 11.9 Å². The van der Waals surface area contributed by atoms with Crippen molar-refractivity contribution in [2.24, 2.45) is 0 Å². The summed E-state index contributed by atoms with van der Waals surface area (Å²) in [6.07, 6.45) is 3.99. The van der Waals surface area contributed by atoms with E-state index >= 15 is 0 Å². The number of methoxy groups -OCH3 is 1. The molecule has 1 amide bonds. The van der Waals surface area contributed by atoms with E-state index in [1.807, 2.05) is 42.7 Å². The molecule has 0 saturated carbocycles. The SMILES string of the molecule is COC(=O)[C@H]1Cc2ccccc2CN1C(=O)Cn1ccnc1C(C)C. The van der Waals surface area contributed by atoms with Crippen LogP contribution in [-0.2, 0) is 33.8 Å². The first-order valence-corrected chi connectivity index (χ1v) is 8.46. The van der Waals surface area contributed by atoms with E-state index in [4.69, 9.17) is 4.74 Å². The maximum atomic E-state index is 13.0. The van der Waals surface area contributed by atoms with Crippen molar-refractivity contribution in [1.29, 1.82) is 0 Å². The molecule has 1 atom stereocenters. The zero-order chi connectivity index (χ0) is 18.0. The molecule has 1 aromatic carbocycles. The maximum absolute atomic E-state index is 13.0. The number of ether oxygens (including phenoxy) is 1. The van der Waals surface area contributed by atoms with E-state index < -0.39 is 6.04 Å². The van der Waals surface area contributed by atoms with Crippen LogP contribution in [0, 0.1) is 0 Å². The van der Waals surface area contributed by atoms with Gasteiger partial charge >= 0.3 is 5.97 Å². The van der Waals surface area contributed by atoms with E-state index in [9.17, 15) is 9.59 Å². The molecule has 2 heterocycles. The highest BCUT2D eigenvalue weighted by Crippen LogP contribution is 2.24. The second-order valence-electron chi connectivity index (χ2n) is 6.60. The highest BCUT2D eigenvalue weighted by molar-refractivity contribution is 5.85. The Hall–Kier alpha value is -2.63. The fourth-order valence-corrected chi connectivity index (χ4v) is 3.32. The predicted molar refractivity (Wildman–Crippen MR) is 92.8 cm³/mol. The Morgan fingerprint density at radius 3 is 2.68 bits per heavy atom. The maximum Gasteiger partial charge on any atom is 0.328 e. The minimum absolute atomic E-state index is 0.107. The lowest BCUT2D eigenvalue weighted by molar-refractivity contribution is -0.154. The van der Waals surface area contributed by atoms with Crippen LogP contribution in [0.4, 0.5) is 0 Å². The summed E-state index contributed by atoms with van der Waals surface area (Å²) in [5.74, 6) is 0.601. The number of aromatic nitrogens is 2. The van der Waals surface area contributed by atoms with Crippen molar-refractivity contribution in [3.63, 3.8) is 0 Å². The van der Waals surface area contributed by atoms with E-state index in [0.717, 1.165) is 17.0 Å². The number of imidazole rings is 1. The molecule has 2 aromatic rings. The molecule has 0 radical (unpaired) electrons. The molecular formula is C19H23N3O3. The molecule has 132 valence electrons. The summed E-state index contributed by atoms with van der Waals surface area (Å²) in [5, 5.41) is 0. The summed E-state index contributed by atoms with van der Waals surface area (Å²) in [7, 11) is 1.36. The Bertz CT molecular complexity index is 782. The van der Waals surface area contributed by atoms with Crippen molar-refractivity contribution in [2.75, 3.05) is 7.11 Å². The Balaban J connectivity index is 1.86. The number of carbonyl (C=O) groups excluding carboxylic acids is 2. The number of nitrogens with zero attached hydrogens (tertiary/aromatic N) is 3. The summed E-state index contributed by atoms with van der Waals surface area (Å²) >= 11 is 0. The van der Waals surface area contributed by atoms with Crippen LogP contribution in [0.2, 0.25) is 0 Å². The zero-order valence-electron chi connectivity index (χ0n) is 14.8. The van der Waals surface area contributed by atoms with Gasteiger partial charge in [0.05, 0.1) is 7.11 Å². The van der Waals surface area contributed by atoms with Crippen LogP contribution in [0.25, 0.3) is 0 Å². The molecule has 1 aliphatic rings. The number of carbonyl (C=O) groups is 2. The lowest BCUT2D eigenvalue weighted by atomic mass is 9.94.